The molecule has 0 saturated carbocycles. The van der Waals surface area contributed by atoms with Gasteiger partial charge < -0.3 is 5.32 Å². The van der Waals surface area contributed by atoms with Gasteiger partial charge in [-0.25, -0.2) is 0 Å². The van der Waals surface area contributed by atoms with Crippen molar-refractivity contribution in [3.63, 3.8) is 0 Å². The molecule has 0 bridgehead atoms. The van der Waals surface area contributed by atoms with Crippen LogP contribution in [0.15, 0.2) is 65.1 Å². The summed E-state index contributed by atoms with van der Waals surface area (Å²) in [6.07, 6.45) is 0.854. The van der Waals surface area contributed by atoms with E-state index in [1.165, 1.54) is 21.9 Å². The molecule has 0 aromatic heterocycles. The van der Waals surface area contributed by atoms with Crippen molar-refractivity contribution in [1.29, 1.82) is 0 Å². The molecule has 0 aliphatic carbocycles. The normalized spacial score (nSPS) is 12.3. The fraction of sp³-hybridized carbons (Fsp3) is 0.261. The van der Waals surface area contributed by atoms with Gasteiger partial charge in [0.15, 0.2) is 0 Å². The van der Waals surface area contributed by atoms with Gasteiger partial charge in [-0.1, -0.05) is 72.2 Å². The van der Waals surface area contributed by atoms with E-state index in [-0.39, 0.29) is 11.9 Å². The summed E-state index contributed by atoms with van der Waals surface area (Å²) in [5.74, 6) is 0.416. The third-order valence-electron chi connectivity index (χ3n) is 4.87. The number of hydrogen-bond donors (Lipinski definition) is 1. The molecule has 3 heteroatoms. The van der Waals surface area contributed by atoms with Crippen LogP contribution in [0, 0.1) is 5.92 Å². The van der Waals surface area contributed by atoms with Crippen molar-refractivity contribution < 1.29 is 4.79 Å². The van der Waals surface area contributed by atoms with Crippen LogP contribution in [0.4, 0.5) is 0 Å². The van der Waals surface area contributed by atoms with E-state index >= 15 is 0 Å². The van der Waals surface area contributed by atoms with Crippen LogP contribution < -0.4 is 5.32 Å². The first-order chi connectivity index (χ1) is 12.4. The van der Waals surface area contributed by atoms with Gasteiger partial charge in [-0.15, -0.1) is 0 Å². The zero-order valence-corrected chi connectivity index (χ0v) is 17.0. The summed E-state index contributed by atoms with van der Waals surface area (Å²) < 4.78 is 1.12. The molecule has 1 amide bonds. The highest BCUT2D eigenvalue weighted by Crippen LogP contribution is 2.25. The summed E-state index contributed by atoms with van der Waals surface area (Å²) in [6, 6.07) is 20.9. The highest BCUT2D eigenvalue weighted by atomic mass is 79.9. The number of benzene rings is 3. The lowest BCUT2D eigenvalue weighted by atomic mass is 10.00. The van der Waals surface area contributed by atoms with E-state index in [0.29, 0.717) is 11.5 Å². The van der Waals surface area contributed by atoms with Crippen LogP contribution in [0.25, 0.3) is 10.8 Å². The highest BCUT2D eigenvalue weighted by Gasteiger charge is 2.12. The second-order valence-electron chi connectivity index (χ2n) is 7.18. The molecular formula is C23H24BrNO. The first kappa shape index (κ1) is 18.7. The topological polar surface area (TPSA) is 29.1 Å². The summed E-state index contributed by atoms with van der Waals surface area (Å²) in [5, 5.41) is 5.50. The minimum absolute atomic E-state index is 0.00620. The molecule has 0 spiro atoms. The molecule has 0 aliphatic heterocycles. The Morgan fingerprint density at radius 3 is 2.35 bits per heavy atom. The van der Waals surface area contributed by atoms with Gasteiger partial charge in [0.2, 0.25) is 0 Å². The molecule has 1 unspecified atom stereocenters. The average Bonchev–Trinajstić information content (AvgIpc) is 2.62. The van der Waals surface area contributed by atoms with Gasteiger partial charge in [0.05, 0.1) is 0 Å². The van der Waals surface area contributed by atoms with E-state index in [9.17, 15) is 4.79 Å². The fourth-order valence-electron chi connectivity index (χ4n) is 2.87. The predicted molar refractivity (Wildman–Crippen MR) is 113 cm³/mol. The number of carbonyl (C=O) groups is 1. The van der Waals surface area contributed by atoms with Crippen LogP contribution in [-0.4, -0.2) is 11.9 Å². The summed E-state index contributed by atoms with van der Waals surface area (Å²) in [6.45, 7) is 6.25. The number of amides is 1. The monoisotopic (exact) mass is 409 g/mol. The Morgan fingerprint density at radius 1 is 0.962 bits per heavy atom. The van der Waals surface area contributed by atoms with E-state index in [1.54, 1.807) is 0 Å². The lowest BCUT2D eigenvalue weighted by Gasteiger charge is -2.17. The van der Waals surface area contributed by atoms with Gasteiger partial charge in [0, 0.05) is 16.1 Å². The first-order valence-corrected chi connectivity index (χ1v) is 9.80. The molecule has 0 radical (unpaired) electrons. The lowest BCUT2D eigenvalue weighted by molar-refractivity contribution is 0.0930. The smallest absolute Gasteiger partial charge is 0.251 e. The SMILES string of the molecule is CC(C)C(C)NC(=O)c1ccc(Cc2ccc3c(Br)cccc3c2)cc1. The van der Waals surface area contributed by atoms with E-state index in [1.807, 2.05) is 31.2 Å². The van der Waals surface area contributed by atoms with Gasteiger partial charge in [0.1, 0.15) is 0 Å². The second-order valence-corrected chi connectivity index (χ2v) is 8.03. The van der Waals surface area contributed by atoms with Crippen LogP contribution >= 0.6 is 15.9 Å². The van der Waals surface area contributed by atoms with Crippen LogP contribution in [0.5, 0.6) is 0 Å². The van der Waals surface area contributed by atoms with Gasteiger partial charge in [-0.3, -0.25) is 4.79 Å². The van der Waals surface area contributed by atoms with E-state index in [2.05, 4.69) is 71.5 Å². The maximum Gasteiger partial charge on any atom is 0.251 e. The average molecular weight is 410 g/mol. The lowest BCUT2D eigenvalue weighted by Crippen LogP contribution is -2.36. The quantitative estimate of drug-likeness (QED) is 0.552. The largest absolute Gasteiger partial charge is 0.349 e. The highest BCUT2D eigenvalue weighted by molar-refractivity contribution is 9.10. The number of hydrogen-bond acceptors (Lipinski definition) is 1. The summed E-state index contributed by atoms with van der Waals surface area (Å²) in [4.78, 5) is 12.3. The van der Waals surface area contributed by atoms with Crippen molar-refractivity contribution in [2.75, 3.05) is 0 Å². The summed E-state index contributed by atoms with van der Waals surface area (Å²) >= 11 is 3.60. The molecule has 0 saturated heterocycles. The predicted octanol–water partition coefficient (Wildman–Crippen LogP) is 5.97. The number of carbonyl (C=O) groups excluding carboxylic acids is 1. The van der Waals surface area contributed by atoms with Gasteiger partial charge in [-0.05, 0) is 59.4 Å². The Labute approximate surface area is 163 Å². The van der Waals surface area contributed by atoms with E-state index < -0.39 is 0 Å². The Bertz CT molecular complexity index is 915. The number of rotatable bonds is 5. The molecule has 0 fully saturated rings. The molecule has 1 atom stereocenters. The van der Waals surface area contributed by atoms with Crippen LogP contribution in [0.1, 0.15) is 42.3 Å². The number of fused-ring (bicyclic) bond motifs is 1. The van der Waals surface area contributed by atoms with E-state index in [0.717, 1.165) is 10.9 Å². The summed E-state index contributed by atoms with van der Waals surface area (Å²) in [7, 11) is 0. The van der Waals surface area contributed by atoms with Crippen LogP contribution in [-0.2, 0) is 6.42 Å². The molecule has 3 rings (SSSR count). The number of halogens is 1. The van der Waals surface area contributed by atoms with Crippen molar-refractivity contribution in [2.45, 2.75) is 33.2 Å². The molecule has 1 N–H and O–H groups in total. The second kappa shape index (κ2) is 8.05. The maximum atomic E-state index is 12.3. The molecule has 134 valence electrons. The molecule has 3 aromatic rings. The van der Waals surface area contributed by atoms with E-state index in [4.69, 9.17) is 0 Å². The Hall–Kier alpha value is -2.13. The Balaban J connectivity index is 1.72. The molecule has 0 heterocycles. The first-order valence-electron chi connectivity index (χ1n) is 9.01. The van der Waals surface area contributed by atoms with Crippen molar-refractivity contribution in [1.82, 2.24) is 5.32 Å². The molecule has 0 aliphatic rings. The molecule has 2 nitrogen and oxygen atoms in total. The van der Waals surface area contributed by atoms with Gasteiger partial charge in [0.25, 0.3) is 5.91 Å². The van der Waals surface area contributed by atoms with Gasteiger partial charge in [-0.2, -0.15) is 0 Å². The zero-order valence-electron chi connectivity index (χ0n) is 15.4. The third kappa shape index (κ3) is 4.34. The van der Waals surface area contributed by atoms with Crippen LogP contribution in [0.3, 0.4) is 0 Å². The van der Waals surface area contributed by atoms with Crippen molar-refractivity contribution in [3.05, 3.63) is 81.8 Å². The summed E-state index contributed by atoms with van der Waals surface area (Å²) in [5.41, 5.74) is 3.18. The molecule has 3 aromatic carbocycles. The van der Waals surface area contributed by atoms with Crippen molar-refractivity contribution >= 4 is 32.6 Å². The molecular weight excluding hydrogens is 386 g/mol. The Kier molecular flexibility index (Phi) is 5.77. The molecule has 26 heavy (non-hydrogen) atoms. The van der Waals surface area contributed by atoms with Gasteiger partial charge >= 0.3 is 0 Å². The minimum atomic E-state index is -0.00620. The Morgan fingerprint density at radius 2 is 1.65 bits per heavy atom. The minimum Gasteiger partial charge on any atom is -0.349 e. The van der Waals surface area contributed by atoms with Crippen molar-refractivity contribution in [3.8, 4) is 0 Å². The standard InChI is InChI=1S/C23H24BrNO/c1-15(2)16(3)25-23(26)19-10-7-17(8-11-19)13-18-9-12-21-20(14-18)5-4-6-22(21)24/h4-12,14-16H,13H2,1-3H3,(H,25,26). The zero-order chi connectivity index (χ0) is 18.7. The van der Waals surface area contributed by atoms with Crippen LogP contribution in [0.2, 0.25) is 0 Å². The fourth-order valence-corrected chi connectivity index (χ4v) is 3.38. The third-order valence-corrected chi connectivity index (χ3v) is 5.57. The maximum absolute atomic E-state index is 12.3. The number of nitrogens with one attached hydrogen (secondary N) is 1. The van der Waals surface area contributed by atoms with Crippen molar-refractivity contribution in [2.24, 2.45) is 5.92 Å².